The van der Waals surface area contributed by atoms with Crippen molar-refractivity contribution in [3.8, 4) is 0 Å². The summed E-state index contributed by atoms with van der Waals surface area (Å²) in [6, 6.07) is 0.176. The predicted molar refractivity (Wildman–Crippen MR) is 69.9 cm³/mol. The van der Waals surface area contributed by atoms with Crippen LogP contribution in [0.3, 0.4) is 0 Å². The first-order chi connectivity index (χ1) is 7.90. The average molecular weight is 242 g/mol. The maximum Gasteiger partial charge on any atom is 0.315 e. The molecule has 0 spiro atoms. The molecular weight excluding hydrogens is 216 g/mol. The van der Waals surface area contributed by atoms with Crippen LogP contribution in [0.1, 0.15) is 33.6 Å². The molecule has 1 saturated heterocycles. The van der Waals surface area contributed by atoms with Crippen molar-refractivity contribution in [3.63, 3.8) is 0 Å². The lowest BCUT2D eigenvalue weighted by atomic mass is 10.1. The largest absolute Gasteiger partial charge is 0.334 e. The predicted octanol–water partition coefficient (Wildman–Crippen LogP) is 0.507. The molecule has 17 heavy (non-hydrogen) atoms. The molecule has 1 fully saturated rings. The van der Waals surface area contributed by atoms with Gasteiger partial charge >= 0.3 is 6.03 Å². The van der Waals surface area contributed by atoms with E-state index in [2.05, 4.69) is 15.5 Å². The minimum absolute atomic E-state index is 0.0721. The summed E-state index contributed by atoms with van der Waals surface area (Å²) in [5, 5.41) is 5.95. The Morgan fingerprint density at radius 2 is 2.18 bits per heavy atom. The molecule has 1 aliphatic rings. The van der Waals surface area contributed by atoms with Gasteiger partial charge in [-0.25, -0.2) is 4.79 Å². The molecule has 5 heteroatoms. The van der Waals surface area contributed by atoms with Crippen molar-refractivity contribution in [2.75, 3.05) is 26.2 Å². The third-order valence-electron chi connectivity index (χ3n) is 2.77. The molecule has 100 valence electrons. The first-order valence-electron chi connectivity index (χ1n) is 6.42. The van der Waals surface area contributed by atoms with Crippen LogP contribution in [0.15, 0.2) is 0 Å². The number of likely N-dealkylation sites (tertiary alicyclic amines) is 1. The Balaban J connectivity index is 2.33. The smallest absolute Gasteiger partial charge is 0.315 e. The van der Waals surface area contributed by atoms with E-state index < -0.39 is 0 Å². The quantitative estimate of drug-likeness (QED) is 0.675. The van der Waals surface area contributed by atoms with Gasteiger partial charge in [-0.1, -0.05) is 0 Å². The minimum Gasteiger partial charge on any atom is -0.334 e. The van der Waals surface area contributed by atoms with Crippen LogP contribution in [0.5, 0.6) is 0 Å². The average Bonchev–Trinajstić information content (AvgIpc) is 2.15. The fourth-order valence-electron chi connectivity index (χ4n) is 2.12. The Labute approximate surface area is 104 Å². The Hall–Kier alpha value is -0.810. The zero-order valence-electron chi connectivity index (χ0n) is 11.3. The molecule has 5 nitrogen and oxygen atoms in total. The SMILES string of the molecule is CC(C)(C)NC(=O)N[C@@H]1CCCN(CCN)C1. The van der Waals surface area contributed by atoms with E-state index in [4.69, 9.17) is 5.73 Å². The number of hydrogen-bond acceptors (Lipinski definition) is 3. The van der Waals surface area contributed by atoms with Gasteiger partial charge in [-0.2, -0.15) is 0 Å². The molecule has 0 aromatic heterocycles. The summed E-state index contributed by atoms with van der Waals surface area (Å²) in [7, 11) is 0. The molecule has 0 aromatic rings. The van der Waals surface area contributed by atoms with E-state index in [1.165, 1.54) is 0 Å². The molecule has 0 radical (unpaired) electrons. The molecule has 0 bridgehead atoms. The summed E-state index contributed by atoms with van der Waals surface area (Å²) in [6.07, 6.45) is 2.18. The normalized spacial score (nSPS) is 22.2. The molecule has 1 rings (SSSR count). The van der Waals surface area contributed by atoms with Gasteiger partial charge < -0.3 is 21.3 Å². The van der Waals surface area contributed by atoms with Crippen LogP contribution in [0.2, 0.25) is 0 Å². The Morgan fingerprint density at radius 3 is 2.76 bits per heavy atom. The first-order valence-corrected chi connectivity index (χ1v) is 6.42. The maximum atomic E-state index is 11.7. The van der Waals surface area contributed by atoms with E-state index >= 15 is 0 Å². The molecule has 1 atom stereocenters. The molecule has 1 heterocycles. The lowest BCUT2D eigenvalue weighted by Crippen LogP contribution is -2.54. The number of nitrogens with two attached hydrogens (primary N) is 1. The van der Waals surface area contributed by atoms with Crippen LogP contribution in [0, 0.1) is 0 Å². The van der Waals surface area contributed by atoms with Crippen molar-refractivity contribution in [3.05, 3.63) is 0 Å². The van der Waals surface area contributed by atoms with E-state index in [0.29, 0.717) is 6.54 Å². The fraction of sp³-hybridized carbons (Fsp3) is 0.917. The number of hydrogen-bond donors (Lipinski definition) is 3. The van der Waals surface area contributed by atoms with Crippen molar-refractivity contribution >= 4 is 6.03 Å². The minimum atomic E-state index is -0.185. The van der Waals surface area contributed by atoms with Gasteiger partial charge in [-0.3, -0.25) is 0 Å². The van der Waals surface area contributed by atoms with Crippen molar-refractivity contribution in [2.45, 2.75) is 45.2 Å². The topological polar surface area (TPSA) is 70.4 Å². The molecule has 1 aliphatic heterocycles. The van der Waals surface area contributed by atoms with Gasteiger partial charge in [0.2, 0.25) is 0 Å². The summed E-state index contributed by atoms with van der Waals surface area (Å²) < 4.78 is 0. The number of amides is 2. The summed E-state index contributed by atoms with van der Waals surface area (Å²) in [5.74, 6) is 0. The molecule has 4 N–H and O–H groups in total. The highest BCUT2D eigenvalue weighted by Gasteiger charge is 2.22. The number of urea groups is 1. The van der Waals surface area contributed by atoms with Gasteiger partial charge in [0.05, 0.1) is 0 Å². The lowest BCUT2D eigenvalue weighted by molar-refractivity contribution is 0.186. The van der Waals surface area contributed by atoms with Gasteiger partial charge in [0.15, 0.2) is 0 Å². The number of nitrogens with zero attached hydrogens (tertiary/aromatic N) is 1. The second-order valence-electron chi connectivity index (χ2n) is 5.78. The number of nitrogens with one attached hydrogen (secondary N) is 2. The van der Waals surface area contributed by atoms with Crippen molar-refractivity contribution in [1.29, 1.82) is 0 Å². The molecule has 0 saturated carbocycles. The lowest BCUT2D eigenvalue weighted by Gasteiger charge is -2.33. The summed E-state index contributed by atoms with van der Waals surface area (Å²) >= 11 is 0. The Kier molecular flexibility index (Phi) is 5.21. The molecule has 2 amide bonds. The number of piperidine rings is 1. The van der Waals surface area contributed by atoms with E-state index in [-0.39, 0.29) is 17.6 Å². The van der Waals surface area contributed by atoms with Crippen LogP contribution < -0.4 is 16.4 Å². The standard InChI is InChI=1S/C12H26N4O/c1-12(2,3)15-11(17)14-10-5-4-7-16(9-10)8-6-13/h10H,4-9,13H2,1-3H3,(H2,14,15,17)/t10-/m1/s1. The van der Waals surface area contributed by atoms with Gasteiger partial charge in [-0.15, -0.1) is 0 Å². The number of rotatable bonds is 3. The summed E-state index contributed by atoms with van der Waals surface area (Å²) in [4.78, 5) is 14.0. The van der Waals surface area contributed by atoms with Crippen molar-refractivity contribution in [1.82, 2.24) is 15.5 Å². The van der Waals surface area contributed by atoms with Gasteiger partial charge in [0, 0.05) is 31.2 Å². The third-order valence-corrected chi connectivity index (χ3v) is 2.77. The molecule has 0 unspecified atom stereocenters. The molecule has 0 aromatic carbocycles. The van der Waals surface area contributed by atoms with E-state index in [1.54, 1.807) is 0 Å². The van der Waals surface area contributed by atoms with E-state index in [1.807, 2.05) is 20.8 Å². The van der Waals surface area contributed by atoms with Crippen LogP contribution in [-0.2, 0) is 0 Å². The highest BCUT2D eigenvalue weighted by molar-refractivity contribution is 5.75. The van der Waals surface area contributed by atoms with Crippen LogP contribution in [-0.4, -0.2) is 48.7 Å². The first kappa shape index (κ1) is 14.3. The molecular formula is C12H26N4O. The fourth-order valence-corrected chi connectivity index (χ4v) is 2.12. The number of carbonyl (C=O) groups excluding carboxylic acids is 1. The maximum absolute atomic E-state index is 11.7. The van der Waals surface area contributed by atoms with E-state index in [9.17, 15) is 4.79 Å². The Bertz CT molecular complexity index is 247. The van der Waals surface area contributed by atoms with Crippen LogP contribution in [0.4, 0.5) is 4.79 Å². The second kappa shape index (κ2) is 6.21. The van der Waals surface area contributed by atoms with Crippen molar-refractivity contribution < 1.29 is 4.79 Å². The zero-order chi connectivity index (χ0) is 12.9. The summed E-state index contributed by atoms with van der Waals surface area (Å²) in [5.41, 5.74) is 5.36. The van der Waals surface area contributed by atoms with Crippen LogP contribution in [0.25, 0.3) is 0 Å². The second-order valence-corrected chi connectivity index (χ2v) is 5.78. The van der Waals surface area contributed by atoms with Gasteiger partial charge in [0.1, 0.15) is 0 Å². The Morgan fingerprint density at radius 1 is 1.47 bits per heavy atom. The van der Waals surface area contributed by atoms with Crippen molar-refractivity contribution in [2.24, 2.45) is 5.73 Å². The number of carbonyl (C=O) groups is 1. The van der Waals surface area contributed by atoms with Crippen LogP contribution >= 0.6 is 0 Å². The van der Waals surface area contributed by atoms with Gasteiger partial charge in [0.25, 0.3) is 0 Å². The highest BCUT2D eigenvalue weighted by Crippen LogP contribution is 2.09. The molecule has 0 aliphatic carbocycles. The van der Waals surface area contributed by atoms with E-state index in [0.717, 1.165) is 32.5 Å². The summed E-state index contributed by atoms with van der Waals surface area (Å²) in [6.45, 7) is 9.54. The zero-order valence-corrected chi connectivity index (χ0v) is 11.3. The van der Waals surface area contributed by atoms with Gasteiger partial charge in [-0.05, 0) is 40.2 Å². The highest BCUT2D eigenvalue weighted by atomic mass is 16.2. The monoisotopic (exact) mass is 242 g/mol. The third kappa shape index (κ3) is 5.89.